The van der Waals surface area contributed by atoms with Gasteiger partial charge in [-0.3, -0.25) is 9.59 Å². The molecule has 0 aliphatic heterocycles. The van der Waals surface area contributed by atoms with Gasteiger partial charge in [0.05, 0.1) is 8.95 Å². The van der Waals surface area contributed by atoms with Gasteiger partial charge in [0.2, 0.25) is 0 Å². The molecule has 2 aromatic rings. The molecule has 0 aliphatic rings. The van der Waals surface area contributed by atoms with Crippen molar-refractivity contribution in [1.82, 2.24) is 4.90 Å². The second kappa shape index (κ2) is 8.30. The van der Waals surface area contributed by atoms with Crippen LogP contribution < -0.4 is 10.1 Å². The Bertz CT molecular complexity index is 743. The summed E-state index contributed by atoms with van der Waals surface area (Å²) in [6.45, 7) is -0.146. The van der Waals surface area contributed by atoms with E-state index in [1.165, 1.54) is 4.90 Å². The molecule has 5 nitrogen and oxygen atoms in total. The van der Waals surface area contributed by atoms with Crippen molar-refractivity contribution in [2.75, 3.05) is 26.0 Å². The maximum Gasteiger partial charge on any atom is 0.262 e. The van der Waals surface area contributed by atoms with Gasteiger partial charge in [-0.1, -0.05) is 12.1 Å². The van der Waals surface area contributed by atoms with Gasteiger partial charge in [-0.05, 0) is 62.2 Å². The van der Waals surface area contributed by atoms with Crippen LogP contribution in [0.2, 0.25) is 0 Å². The molecule has 2 amide bonds. The summed E-state index contributed by atoms with van der Waals surface area (Å²) in [6.07, 6.45) is 0. The number of rotatable bonds is 5. The highest BCUT2D eigenvalue weighted by molar-refractivity contribution is 9.11. The molecule has 1 N–H and O–H groups in total. The summed E-state index contributed by atoms with van der Waals surface area (Å²) in [5.41, 5.74) is 1.05. The van der Waals surface area contributed by atoms with E-state index in [2.05, 4.69) is 37.2 Å². The first kappa shape index (κ1) is 18.5. The molecule has 0 saturated carbocycles. The van der Waals surface area contributed by atoms with Gasteiger partial charge in [0, 0.05) is 25.3 Å². The molecule has 2 rings (SSSR count). The van der Waals surface area contributed by atoms with Gasteiger partial charge in [-0.25, -0.2) is 0 Å². The number of carbonyl (C=O) groups excluding carboxylic acids is 2. The number of benzene rings is 2. The first-order valence-electron chi connectivity index (χ1n) is 7.07. The Morgan fingerprint density at radius 2 is 1.71 bits per heavy atom. The minimum absolute atomic E-state index is 0.125. The summed E-state index contributed by atoms with van der Waals surface area (Å²) >= 11 is 6.75. The van der Waals surface area contributed by atoms with Gasteiger partial charge in [-0.2, -0.15) is 0 Å². The SMILES string of the molecule is CN(C)C(=O)c1cccc(NC(=O)COc2c(Br)cccc2Br)c1. The zero-order valence-electron chi connectivity index (χ0n) is 13.2. The summed E-state index contributed by atoms with van der Waals surface area (Å²) in [6, 6.07) is 12.3. The highest BCUT2D eigenvalue weighted by Gasteiger charge is 2.11. The van der Waals surface area contributed by atoms with Crippen molar-refractivity contribution in [3.05, 3.63) is 57.0 Å². The van der Waals surface area contributed by atoms with Crippen molar-refractivity contribution in [2.45, 2.75) is 0 Å². The van der Waals surface area contributed by atoms with Gasteiger partial charge in [0.25, 0.3) is 11.8 Å². The lowest BCUT2D eigenvalue weighted by atomic mass is 10.2. The van der Waals surface area contributed by atoms with E-state index in [0.29, 0.717) is 17.0 Å². The largest absolute Gasteiger partial charge is 0.481 e. The predicted octanol–water partition coefficient (Wildman–Crippen LogP) is 3.93. The Balaban J connectivity index is 2.00. The maximum atomic E-state index is 12.1. The molecular formula is C17H16Br2N2O3. The number of halogens is 2. The van der Waals surface area contributed by atoms with Gasteiger partial charge in [-0.15, -0.1) is 0 Å². The Labute approximate surface area is 157 Å². The van der Waals surface area contributed by atoms with Crippen LogP contribution in [0.3, 0.4) is 0 Å². The van der Waals surface area contributed by atoms with Crippen LogP contribution in [-0.2, 0) is 4.79 Å². The van der Waals surface area contributed by atoms with Crippen molar-refractivity contribution >= 4 is 49.4 Å². The summed E-state index contributed by atoms with van der Waals surface area (Å²) < 4.78 is 7.04. The minimum atomic E-state index is -0.313. The quantitative estimate of drug-likeness (QED) is 0.742. The fourth-order valence-electron chi connectivity index (χ4n) is 1.94. The number of nitrogens with zero attached hydrogens (tertiary/aromatic N) is 1. The molecule has 0 heterocycles. The van der Waals surface area contributed by atoms with Crippen molar-refractivity contribution in [1.29, 1.82) is 0 Å². The third-order valence-corrected chi connectivity index (χ3v) is 4.31. The first-order valence-corrected chi connectivity index (χ1v) is 8.65. The first-order chi connectivity index (χ1) is 11.4. The number of ether oxygens (including phenoxy) is 1. The molecule has 0 radical (unpaired) electrons. The van der Waals surface area contributed by atoms with E-state index in [1.54, 1.807) is 38.4 Å². The lowest BCUT2D eigenvalue weighted by Gasteiger charge is -2.12. The molecule has 126 valence electrons. The van der Waals surface area contributed by atoms with Crippen LogP contribution in [0.25, 0.3) is 0 Å². The van der Waals surface area contributed by atoms with Gasteiger partial charge in [0.15, 0.2) is 6.61 Å². The standard InChI is InChI=1S/C17H16Br2N2O3/c1-21(2)17(23)11-5-3-6-12(9-11)20-15(22)10-24-16-13(18)7-4-8-14(16)19/h3-9H,10H2,1-2H3,(H,20,22). The second-order valence-corrected chi connectivity index (χ2v) is 6.88. The molecule has 24 heavy (non-hydrogen) atoms. The molecule has 2 aromatic carbocycles. The van der Waals surface area contributed by atoms with Crippen molar-refractivity contribution in [3.8, 4) is 5.75 Å². The van der Waals surface area contributed by atoms with Crippen molar-refractivity contribution in [3.63, 3.8) is 0 Å². The van der Waals surface area contributed by atoms with E-state index in [0.717, 1.165) is 8.95 Å². The summed E-state index contributed by atoms with van der Waals surface area (Å²) in [4.78, 5) is 25.5. The fourth-order valence-corrected chi connectivity index (χ4v) is 3.17. The van der Waals surface area contributed by atoms with E-state index >= 15 is 0 Å². The lowest BCUT2D eigenvalue weighted by molar-refractivity contribution is -0.118. The Kier molecular flexibility index (Phi) is 6.39. The van der Waals surface area contributed by atoms with E-state index in [-0.39, 0.29) is 18.4 Å². The van der Waals surface area contributed by atoms with Crippen LogP contribution in [-0.4, -0.2) is 37.4 Å². The van der Waals surface area contributed by atoms with E-state index in [1.807, 2.05) is 18.2 Å². The molecule has 0 atom stereocenters. The highest BCUT2D eigenvalue weighted by atomic mass is 79.9. The third-order valence-electron chi connectivity index (χ3n) is 3.07. The Morgan fingerprint density at radius 3 is 2.33 bits per heavy atom. The predicted molar refractivity (Wildman–Crippen MR) is 100 cm³/mol. The smallest absolute Gasteiger partial charge is 0.262 e. The average Bonchev–Trinajstić information content (AvgIpc) is 2.53. The summed E-state index contributed by atoms with van der Waals surface area (Å²) in [5.74, 6) is 0.121. The molecule has 0 fully saturated rings. The number of nitrogens with one attached hydrogen (secondary N) is 1. The Hall–Kier alpha value is -1.86. The van der Waals surface area contributed by atoms with E-state index < -0.39 is 0 Å². The number of carbonyl (C=O) groups is 2. The number of hydrogen-bond donors (Lipinski definition) is 1. The number of amides is 2. The fraction of sp³-hybridized carbons (Fsp3) is 0.176. The topological polar surface area (TPSA) is 58.6 Å². The van der Waals surface area contributed by atoms with E-state index in [9.17, 15) is 9.59 Å². The zero-order chi connectivity index (χ0) is 17.7. The molecule has 0 unspecified atom stereocenters. The Morgan fingerprint density at radius 1 is 1.08 bits per heavy atom. The molecule has 7 heteroatoms. The minimum Gasteiger partial charge on any atom is -0.481 e. The lowest BCUT2D eigenvalue weighted by Crippen LogP contribution is -2.23. The molecule has 0 spiro atoms. The van der Waals surface area contributed by atoms with Crippen LogP contribution in [0.15, 0.2) is 51.4 Å². The molecule has 0 aromatic heterocycles. The van der Waals surface area contributed by atoms with E-state index in [4.69, 9.17) is 4.74 Å². The number of hydrogen-bond acceptors (Lipinski definition) is 3. The van der Waals surface area contributed by atoms with Gasteiger partial charge >= 0.3 is 0 Å². The summed E-state index contributed by atoms with van der Waals surface area (Å²) in [7, 11) is 3.36. The van der Waals surface area contributed by atoms with Crippen LogP contribution in [0.4, 0.5) is 5.69 Å². The molecule has 0 bridgehead atoms. The monoisotopic (exact) mass is 454 g/mol. The van der Waals surface area contributed by atoms with Crippen molar-refractivity contribution < 1.29 is 14.3 Å². The number of para-hydroxylation sites is 1. The van der Waals surface area contributed by atoms with Crippen LogP contribution in [0.1, 0.15) is 10.4 Å². The third kappa shape index (κ3) is 4.82. The highest BCUT2D eigenvalue weighted by Crippen LogP contribution is 2.32. The second-order valence-electron chi connectivity index (χ2n) is 5.17. The average molecular weight is 456 g/mol. The maximum absolute atomic E-state index is 12.1. The van der Waals surface area contributed by atoms with Gasteiger partial charge < -0.3 is 15.0 Å². The molecular weight excluding hydrogens is 440 g/mol. The van der Waals surface area contributed by atoms with Crippen molar-refractivity contribution in [2.24, 2.45) is 0 Å². The summed E-state index contributed by atoms with van der Waals surface area (Å²) in [5, 5.41) is 2.72. The van der Waals surface area contributed by atoms with Crippen LogP contribution in [0, 0.1) is 0 Å². The number of anilines is 1. The van der Waals surface area contributed by atoms with Crippen LogP contribution >= 0.6 is 31.9 Å². The zero-order valence-corrected chi connectivity index (χ0v) is 16.3. The molecule has 0 aliphatic carbocycles. The normalized spacial score (nSPS) is 10.2. The van der Waals surface area contributed by atoms with Crippen LogP contribution in [0.5, 0.6) is 5.75 Å². The van der Waals surface area contributed by atoms with Gasteiger partial charge in [0.1, 0.15) is 5.75 Å². The molecule has 0 saturated heterocycles.